The number of amides is 2. The smallest absolute Gasteiger partial charge is 0.322 e. The standard InChI is InChI=1S/C19H28N4O3/c1-5-10-23-14(4)18(13(3)21-23)20-19(26)22(6-2)12-17(25)15-8-7-9-16(24)11-15/h7-9,11,17,24-25H,5-6,10,12H2,1-4H3,(H,20,26)/t17-/m1/s1. The number of aliphatic hydroxyl groups is 1. The molecule has 2 aromatic rings. The second kappa shape index (κ2) is 8.71. The number of aromatic nitrogens is 2. The summed E-state index contributed by atoms with van der Waals surface area (Å²) in [6.07, 6.45) is 0.0878. The van der Waals surface area contributed by atoms with E-state index in [4.69, 9.17) is 0 Å². The lowest BCUT2D eigenvalue weighted by Gasteiger charge is -2.24. The third kappa shape index (κ3) is 4.54. The number of aromatic hydroxyl groups is 1. The van der Waals surface area contributed by atoms with Crippen molar-refractivity contribution in [2.75, 3.05) is 18.4 Å². The van der Waals surface area contributed by atoms with E-state index in [1.165, 1.54) is 11.0 Å². The van der Waals surface area contributed by atoms with Crippen LogP contribution in [0.15, 0.2) is 24.3 Å². The molecule has 3 N–H and O–H groups in total. The summed E-state index contributed by atoms with van der Waals surface area (Å²) in [5, 5.41) is 27.3. The van der Waals surface area contributed by atoms with Gasteiger partial charge < -0.3 is 20.4 Å². The molecule has 1 aromatic heterocycles. The van der Waals surface area contributed by atoms with Crippen molar-refractivity contribution in [3.05, 3.63) is 41.2 Å². The molecule has 0 radical (unpaired) electrons. The molecule has 7 heteroatoms. The van der Waals surface area contributed by atoms with Crippen LogP contribution in [-0.4, -0.2) is 44.0 Å². The minimum absolute atomic E-state index is 0.0867. The van der Waals surface area contributed by atoms with Gasteiger partial charge in [0.2, 0.25) is 0 Å². The number of hydrogen-bond donors (Lipinski definition) is 3. The second-order valence-electron chi connectivity index (χ2n) is 6.35. The third-order valence-corrected chi connectivity index (χ3v) is 4.37. The first-order valence-electron chi connectivity index (χ1n) is 8.94. The molecule has 2 amide bonds. The molecule has 1 heterocycles. The van der Waals surface area contributed by atoms with E-state index in [2.05, 4.69) is 17.3 Å². The molecule has 26 heavy (non-hydrogen) atoms. The average Bonchev–Trinajstić information content (AvgIpc) is 2.87. The van der Waals surface area contributed by atoms with Crippen molar-refractivity contribution in [2.24, 2.45) is 0 Å². The van der Waals surface area contributed by atoms with E-state index in [0.717, 1.165) is 24.4 Å². The SMILES string of the molecule is CCCn1nc(C)c(NC(=O)N(CC)C[C@@H](O)c2cccc(O)c2)c1C. The van der Waals surface area contributed by atoms with Crippen molar-refractivity contribution >= 4 is 11.7 Å². The Kier molecular flexibility index (Phi) is 6.63. The Morgan fingerprint density at radius 2 is 2.08 bits per heavy atom. The van der Waals surface area contributed by atoms with E-state index in [-0.39, 0.29) is 18.3 Å². The van der Waals surface area contributed by atoms with Crippen LogP contribution in [0.1, 0.15) is 43.3 Å². The number of nitrogens with zero attached hydrogens (tertiary/aromatic N) is 3. The molecule has 0 saturated heterocycles. The zero-order chi connectivity index (χ0) is 19.3. The zero-order valence-electron chi connectivity index (χ0n) is 15.9. The van der Waals surface area contributed by atoms with E-state index in [1.807, 2.05) is 25.5 Å². The second-order valence-corrected chi connectivity index (χ2v) is 6.35. The van der Waals surface area contributed by atoms with Crippen LogP contribution in [0.5, 0.6) is 5.75 Å². The molecular weight excluding hydrogens is 332 g/mol. The van der Waals surface area contributed by atoms with Crippen LogP contribution in [0, 0.1) is 13.8 Å². The van der Waals surface area contributed by atoms with Crippen molar-refractivity contribution in [1.82, 2.24) is 14.7 Å². The summed E-state index contributed by atoms with van der Waals surface area (Å²) >= 11 is 0. The molecule has 2 rings (SSSR count). The Morgan fingerprint density at radius 1 is 1.35 bits per heavy atom. The monoisotopic (exact) mass is 360 g/mol. The number of phenolic OH excluding ortho intramolecular Hbond substituents is 1. The van der Waals surface area contributed by atoms with Gasteiger partial charge in [0, 0.05) is 13.1 Å². The number of phenols is 1. The van der Waals surface area contributed by atoms with Crippen molar-refractivity contribution < 1.29 is 15.0 Å². The lowest BCUT2D eigenvalue weighted by atomic mass is 10.1. The Bertz CT molecular complexity index is 757. The van der Waals surface area contributed by atoms with Gasteiger partial charge in [-0.15, -0.1) is 0 Å². The zero-order valence-corrected chi connectivity index (χ0v) is 15.9. The number of aryl methyl sites for hydroxylation is 2. The molecule has 0 fully saturated rings. The number of aliphatic hydroxyl groups excluding tert-OH is 1. The summed E-state index contributed by atoms with van der Waals surface area (Å²) in [4.78, 5) is 14.2. The highest BCUT2D eigenvalue weighted by Gasteiger charge is 2.20. The van der Waals surface area contributed by atoms with Gasteiger partial charge in [-0.05, 0) is 44.9 Å². The van der Waals surface area contributed by atoms with E-state index in [9.17, 15) is 15.0 Å². The number of hydrogen-bond acceptors (Lipinski definition) is 4. The number of rotatable bonds is 7. The molecule has 142 valence electrons. The van der Waals surface area contributed by atoms with Gasteiger partial charge in [0.05, 0.1) is 29.7 Å². The van der Waals surface area contributed by atoms with Gasteiger partial charge in [-0.2, -0.15) is 5.10 Å². The Balaban J connectivity index is 2.09. The number of carbonyl (C=O) groups excluding carboxylic acids is 1. The number of nitrogens with one attached hydrogen (secondary N) is 1. The summed E-state index contributed by atoms with van der Waals surface area (Å²) in [6.45, 7) is 9.12. The minimum atomic E-state index is -0.877. The van der Waals surface area contributed by atoms with Gasteiger partial charge in [-0.3, -0.25) is 4.68 Å². The predicted molar refractivity (Wildman–Crippen MR) is 101 cm³/mol. The first-order valence-corrected chi connectivity index (χ1v) is 8.94. The molecule has 7 nitrogen and oxygen atoms in total. The summed E-state index contributed by atoms with van der Waals surface area (Å²) in [5.74, 6) is 0.0867. The van der Waals surface area contributed by atoms with E-state index in [1.54, 1.807) is 18.2 Å². The molecule has 0 aliphatic rings. The summed E-state index contributed by atoms with van der Waals surface area (Å²) in [5.41, 5.74) is 2.98. The first-order chi connectivity index (χ1) is 12.4. The fourth-order valence-electron chi connectivity index (χ4n) is 2.90. The molecular formula is C19H28N4O3. The first kappa shape index (κ1) is 19.8. The molecule has 0 bridgehead atoms. The lowest BCUT2D eigenvalue weighted by molar-refractivity contribution is 0.128. The molecule has 0 unspecified atom stereocenters. The van der Waals surface area contributed by atoms with Crippen LogP contribution in [0.3, 0.4) is 0 Å². The average molecular weight is 360 g/mol. The summed E-state index contributed by atoms with van der Waals surface area (Å²) in [7, 11) is 0. The van der Waals surface area contributed by atoms with Crippen molar-refractivity contribution in [2.45, 2.75) is 46.8 Å². The van der Waals surface area contributed by atoms with Crippen LogP contribution in [-0.2, 0) is 6.54 Å². The molecule has 1 aromatic carbocycles. The summed E-state index contributed by atoms with van der Waals surface area (Å²) in [6, 6.07) is 6.15. The Morgan fingerprint density at radius 3 is 2.69 bits per heavy atom. The van der Waals surface area contributed by atoms with E-state index < -0.39 is 6.10 Å². The maximum absolute atomic E-state index is 12.7. The number of urea groups is 1. The largest absolute Gasteiger partial charge is 0.508 e. The van der Waals surface area contributed by atoms with Crippen molar-refractivity contribution in [3.8, 4) is 5.75 Å². The van der Waals surface area contributed by atoms with Gasteiger partial charge in [-0.1, -0.05) is 19.1 Å². The van der Waals surface area contributed by atoms with E-state index >= 15 is 0 Å². The fraction of sp³-hybridized carbons (Fsp3) is 0.474. The quantitative estimate of drug-likeness (QED) is 0.707. The van der Waals surface area contributed by atoms with Gasteiger partial charge in [0.25, 0.3) is 0 Å². The maximum atomic E-state index is 12.7. The number of benzene rings is 1. The van der Waals surface area contributed by atoms with E-state index in [0.29, 0.717) is 17.8 Å². The number of anilines is 1. The Hall–Kier alpha value is -2.54. The molecule has 0 aliphatic heterocycles. The van der Waals surface area contributed by atoms with Gasteiger partial charge in [0.1, 0.15) is 5.75 Å². The van der Waals surface area contributed by atoms with Crippen molar-refractivity contribution in [3.63, 3.8) is 0 Å². The van der Waals surface area contributed by atoms with Gasteiger partial charge >= 0.3 is 6.03 Å². The van der Waals surface area contributed by atoms with Crippen molar-refractivity contribution in [1.29, 1.82) is 0 Å². The maximum Gasteiger partial charge on any atom is 0.322 e. The summed E-state index contributed by atoms with van der Waals surface area (Å²) < 4.78 is 1.89. The topological polar surface area (TPSA) is 90.6 Å². The normalized spacial score (nSPS) is 12.0. The van der Waals surface area contributed by atoms with Gasteiger partial charge in [0.15, 0.2) is 0 Å². The highest BCUT2D eigenvalue weighted by Crippen LogP contribution is 2.22. The fourth-order valence-corrected chi connectivity index (χ4v) is 2.90. The minimum Gasteiger partial charge on any atom is -0.508 e. The predicted octanol–water partition coefficient (Wildman–Crippen LogP) is 3.20. The highest BCUT2D eigenvalue weighted by atomic mass is 16.3. The molecule has 1 atom stereocenters. The number of likely N-dealkylation sites (N-methyl/N-ethyl adjacent to an activating group) is 1. The van der Waals surface area contributed by atoms with Crippen LogP contribution in [0.25, 0.3) is 0 Å². The van der Waals surface area contributed by atoms with Crippen LogP contribution in [0.4, 0.5) is 10.5 Å². The van der Waals surface area contributed by atoms with Crippen LogP contribution in [0.2, 0.25) is 0 Å². The number of carbonyl (C=O) groups is 1. The molecule has 0 spiro atoms. The van der Waals surface area contributed by atoms with Crippen LogP contribution < -0.4 is 5.32 Å². The van der Waals surface area contributed by atoms with Crippen LogP contribution >= 0.6 is 0 Å². The molecule has 0 saturated carbocycles. The highest BCUT2D eigenvalue weighted by molar-refractivity contribution is 5.90. The Labute approximate surface area is 154 Å². The third-order valence-electron chi connectivity index (χ3n) is 4.37. The lowest BCUT2D eigenvalue weighted by Crippen LogP contribution is -2.38. The van der Waals surface area contributed by atoms with Gasteiger partial charge in [-0.25, -0.2) is 4.79 Å². The molecule has 0 aliphatic carbocycles.